The number of carboxylic acid groups (broad SMARTS) is 1. The van der Waals surface area contributed by atoms with Crippen LogP contribution in [0.25, 0.3) is 0 Å². The van der Waals surface area contributed by atoms with Crippen molar-refractivity contribution in [2.24, 2.45) is 0 Å². The van der Waals surface area contributed by atoms with Crippen LogP contribution in [0.15, 0.2) is 12.3 Å². The molecule has 6 nitrogen and oxygen atoms in total. The van der Waals surface area contributed by atoms with Gasteiger partial charge in [-0.25, -0.2) is 9.78 Å². The van der Waals surface area contributed by atoms with Crippen LogP contribution in [0, 0.1) is 6.92 Å². The molecule has 0 radical (unpaired) electrons. The molecule has 3 rings (SSSR count). The predicted octanol–water partition coefficient (Wildman–Crippen LogP) is 3.06. The van der Waals surface area contributed by atoms with Gasteiger partial charge >= 0.3 is 6.09 Å². The minimum atomic E-state index is -0.839. The Hall–Kier alpha value is -1.82. The number of nitrogens with one attached hydrogen (secondary N) is 1. The van der Waals surface area contributed by atoms with E-state index in [1.165, 1.54) is 16.0 Å². The van der Waals surface area contributed by atoms with Gasteiger partial charge in [0.25, 0.3) is 0 Å². The average molecular weight is 333 g/mol. The SMILES string of the molecule is Cc1ccnc2c1CCC(CCCCO[C@@H]1CCN(C(=O)O)C1)N2. The second-order valence-electron chi connectivity index (χ2n) is 6.84. The molecule has 0 spiro atoms. The van der Waals surface area contributed by atoms with Gasteiger partial charge < -0.3 is 20.1 Å². The van der Waals surface area contributed by atoms with E-state index in [1.807, 2.05) is 6.20 Å². The van der Waals surface area contributed by atoms with E-state index in [4.69, 9.17) is 9.84 Å². The number of amides is 1. The van der Waals surface area contributed by atoms with Crippen LogP contribution in [0.3, 0.4) is 0 Å². The van der Waals surface area contributed by atoms with Gasteiger partial charge in [-0.15, -0.1) is 0 Å². The third kappa shape index (κ3) is 4.17. The number of pyridine rings is 1. The van der Waals surface area contributed by atoms with E-state index in [9.17, 15) is 4.79 Å². The Morgan fingerprint density at radius 1 is 1.46 bits per heavy atom. The molecular formula is C18H27N3O3. The number of rotatable bonds is 6. The fourth-order valence-corrected chi connectivity index (χ4v) is 3.61. The van der Waals surface area contributed by atoms with E-state index in [0.717, 1.165) is 50.9 Å². The van der Waals surface area contributed by atoms with Crippen LogP contribution >= 0.6 is 0 Å². The summed E-state index contributed by atoms with van der Waals surface area (Å²) in [6.07, 6.45) is 7.47. The molecule has 1 saturated heterocycles. The number of nitrogens with zero attached hydrogens (tertiary/aromatic N) is 2. The second kappa shape index (κ2) is 7.83. The number of likely N-dealkylation sites (tertiary alicyclic amines) is 1. The number of aromatic nitrogens is 1. The standard InChI is InChI=1S/C18H27N3O3/c1-13-7-9-19-17-16(13)6-5-14(20-17)4-2-3-11-24-15-8-10-21(12-15)18(22)23/h7,9,14-15H,2-6,8,10-12H2,1H3,(H,19,20)(H,22,23)/t14?,15-/m1/s1. The highest BCUT2D eigenvalue weighted by Crippen LogP contribution is 2.27. The Kier molecular flexibility index (Phi) is 5.56. The molecule has 2 aliphatic heterocycles. The number of ether oxygens (including phenoxy) is 1. The highest BCUT2D eigenvalue weighted by molar-refractivity contribution is 5.65. The minimum Gasteiger partial charge on any atom is -0.465 e. The van der Waals surface area contributed by atoms with Gasteiger partial charge in [0.05, 0.1) is 12.6 Å². The van der Waals surface area contributed by atoms with Crippen molar-refractivity contribution < 1.29 is 14.6 Å². The van der Waals surface area contributed by atoms with Crippen LogP contribution in [0.2, 0.25) is 0 Å². The lowest BCUT2D eigenvalue weighted by molar-refractivity contribution is 0.0559. The summed E-state index contributed by atoms with van der Waals surface area (Å²) < 4.78 is 5.81. The third-order valence-corrected chi connectivity index (χ3v) is 5.09. The number of carbonyl (C=O) groups is 1. The van der Waals surface area contributed by atoms with Gasteiger partial charge in [-0.2, -0.15) is 0 Å². The van der Waals surface area contributed by atoms with Gasteiger partial charge in [-0.05, 0) is 62.6 Å². The molecule has 132 valence electrons. The van der Waals surface area contributed by atoms with Crippen molar-refractivity contribution in [2.75, 3.05) is 25.0 Å². The fraction of sp³-hybridized carbons (Fsp3) is 0.667. The molecule has 2 N–H and O–H groups in total. The van der Waals surface area contributed by atoms with E-state index in [2.05, 4.69) is 23.3 Å². The summed E-state index contributed by atoms with van der Waals surface area (Å²) in [5, 5.41) is 12.5. The molecule has 6 heteroatoms. The van der Waals surface area contributed by atoms with Crippen LogP contribution in [0.1, 0.15) is 43.2 Å². The average Bonchev–Trinajstić information content (AvgIpc) is 3.04. The normalized spacial score (nSPS) is 23.0. The molecule has 3 heterocycles. The van der Waals surface area contributed by atoms with E-state index >= 15 is 0 Å². The summed E-state index contributed by atoms with van der Waals surface area (Å²) in [5.74, 6) is 1.06. The number of aryl methyl sites for hydroxylation is 1. The molecule has 2 atom stereocenters. The Bertz CT molecular complexity index is 579. The zero-order valence-electron chi connectivity index (χ0n) is 14.3. The molecular weight excluding hydrogens is 306 g/mol. The summed E-state index contributed by atoms with van der Waals surface area (Å²) in [6.45, 7) is 3.98. The van der Waals surface area contributed by atoms with Crippen LogP contribution in [-0.4, -0.2) is 52.9 Å². The maximum Gasteiger partial charge on any atom is 0.407 e. The minimum absolute atomic E-state index is 0.0768. The van der Waals surface area contributed by atoms with Gasteiger partial charge in [0, 0.05) is 25.4 Å². The molecule has 1 amide bonds. The number of anilines is 1. The number of fused-ring (bicyclic) bond motifs is 1. The lowest BCUT2D eigenvalue weighted by Crippen LogP contribution is -2.28. The van der Waals surface area contributed by atoms with E-state index in [1.54, 1.807) is 0 Å². The molecule has 0 aromatic carbocycles. The lowest BCUT2D eigenvalue weighted by atomic mass is 9.95. The first kappa shape index (κ1) is 17.0. The summed E-state index contributed by atoms with van der Waals surface area (Å²) in [7, 11) is 0. The molecule has 2 aliphatic rings. The smallest absolute Gasteiger partial charge is 0.407 e. The second-order valence-corrected chi connectivity index (χ2v) is 6.84. The van der Waals surface area contributed by atoms with E-state index in [-0.39, 0.29) is 6.10 Å². The molecule has 1 aromatic heterocycles. The van der Waals surface area contributed by atoms with Crippen molar-refractivity contribution in [3.63, 3.8) is 0 Å². The fourth-order valence-electron chi connectivity index (χ4n) is 3.61. The molecule has 1 fully saturated rings. The predicted molar refractivity (Wildman–Crippen MR) is 92.5 cm³/mol. The maximum absolute atomic E-state index is 10.9. The third-order valence-electron chi connectivity index (χ3n) is 5.09. The summed E-state index contributed by atoms with van der Waals surface area (Å²) in [6, 6.07) is 2.58. The first-order valence-corrected chi connectivity index (χ1v) is 8.94. The van der Waals surface area contributed by atoms with Gasteiger partial charge in [0.15, 0.2) is 0 Å². The van der Waals surface area contributed by atoms with E-state index < -0.39 is 6.09 Å². The number of unbranched alkanes of at least 4 members (excludes halogenated alkanes) is 1. The van der Waals surface area contributed by atoms with Gasteiger partial charge in [0.2, 0.25) is 0 Å². The van der Waals surface area contributed by atoms with Crippen LogP contribution < -0.4 is 5.32 Å². The Labute approximate surface area is 143 Å². The number of hydrogen-bond donors (Lipinski definition) is 2. The Morgan fingerprint density at radius 3 is 3.12 bits per heavy atom. The molecule has 1 aromatic rings. The Balaban J connectivity index is 1.31. The number of hydrogen-bond acceptors (Lipinski definition) is 4. The molecule has 0 aliphatic carbocycles. The van der Waals surface area contributed by atoms with Crippen LogP contribution in [-0.2, 0) is 11.2 Å². The molecule has 0 bridgehead atoms. The molecule has 24 heavy (non-hydrogen) atoms. The van der Waals surface area contributed by atoms with Crippen LogP contribution in [0.4, 0.5) is 10.6 Å². The summed E-state index contributed by atoms with van der Waals surface area (Å²) >= 11 is 0. The maximum atomic E-state index is 10.9. The summed E-state index contributed by atoms with van der Waals surface area (Å²) in [5.41, 5.74) is 2.69. The quantitative estimate of drug-likeness (QED) is 0.783. The lowest BCUT2D eigenvalue weighted by Gasteiger charge is -2.27. The van der Waals surface area contributed by atoms with E-state index in [0.29, 0.717) is 19.1 Å². The Morgan fingerprint density at radius 2 is 2.33 bits per heavy atom. The monoisotopic (exact) mass is 333 g/mol. The van der Waals surface area contributed by atoms with Crippen LogP contribution in [0.5, 0.6) is 0 Å². The summed E-state index contributed by atoms with van der Waals surface area (Å²) in [4.78, 5) is 16.8. The van der Waals surface area contributed by atoms with Crippen molar-refractivity contribution in [1.82, 2.24) is 9.88 Å². The van der Waals surface area contributed by atoms with Gasteiger partial charge in [0.1, 0.15) is 5.82 Å². The first-order valence-electron chi connectivity index (χ1n) is 8.94. The van der Waals surface area contributed by atoms with Gasteiger partial charge in [-0.3, -0.25) is 0 Å². The highest BCUT2D eigenvalue weighted by Gasteiger charge is 2.26. The zero-order valence-corrected chi connectivity index (χ0v) is 14.3. The molecule has 1 unspecified atom stereocenters. The van der Waals surface area contributed by atoms with Crippen molar-refractivity contribution in [1.29, 1.82) is 0 Å². The van der Waals surface area contributed by atoms with Crippen molar-refractivity contribution in [3.8, 4) is 0 Å². The highest BCUT2D eigenvalue weighted by atomic mass is 16.5. The van der Waals surface area contributed by atoms with Crippen molar-refractivity contribution in [2.45, 2.75) is 57.6 Å². The molecule has 0 saturated carbocycles. The van der Waals surface area contributed by atoms with Crippen molar-refractivity contribution in [3.05, 3.63) is 23.4 Å². The largest absolute Gasteiger partial charge is 0.465 e. The first-order chi connectivity index (χ1) is 11.6. The van der Waals surface area contributed by atoms with Crippen molar-refractivity contribution >= 4 is 11.9 Å². The topological polar surface area (TPSA) is 74.7 Å². The van der Waals surface area contributed by atoms with Gasteiger partial charge in [-0.1, -0.05) is 0 Å². The zero-order chi connectivity index (χ0) is 16.9.